The number of hydrogen-bond acceptors (Lipinski definition) is 7. The Morgan fingerprint density at radius 3 is 1.53 bits per heavy atom. The Morgan fingerprint density at radius 1 is 0.741 bits per heavy atom. The van der Waals surface area contributed by atoms with E-state index in [4.69, 9.17) is 10.8 Å². The highest BCUT2D eigenvalue weighted by molar-refractivity contribution is 5.88. The van der Waals surface area contributed by atoms with E-state index in [9.17, 15) is 29.3 Å². The summed E-state index contributed by atoms with van der Waals surface area (Å²) in [5, 5.41) is 22.3. The number of carbonyl (C=O) groups excluding carboxylic acids is 3. The quantitative estimate of drug-likeness (QED) is 0.129. The number of ketones is 2. The first-order chi connectivity index (χ1) is 25.9. The van der Waals surface area contributed by atoms with Gasteiger partial charge in [0.1, 0.15) is 5.78 Å². The molecule has 0 aromatic rings. The van der Waals surface area contributed by atoms with Crippen molar-refractivity contribution in [1.29, 1.82) is 0 Å². The molecule has 3 unspecified atom stereocenters. The van der Waals surface area contributed by atoms with Crippen LogP contribution in [0.15, 0.2) is 11.6 Å². The Kier molecular flexibility index (Phi) is 19.4. The van der Waals surface area contributed by atoms with E-state index in [1.165, 1.54) is 31.3 Å². The van der Waals surface area contributed by atoms with E-state index >= 15 is 0 Å². The summed E-state index contributed by atoms with van der Waals surface area (Å²) in [7, 11) is 0. The van der Waals surface area contributed by atoms with E-state index in [1.54, 1.807) is 13.0 Å². The number of halogens is 1. The van der Waals surface area contributed by atoms with Crippen LogP contribution in [-0.4, -0.2) is 53.1 Å². The summed E-state index contributed by atoms with van der Waals surface area (Å²) in [5.74, 6) is 0.170. The van der Waals surface area contributed by atoms with Gasteiger partial charge in [0.15, 0.2) is 5.78 Å². The fourth-order valence-corrected chi connectivity index (χ4v) is 10.9. The number of nitrogens with zero attached hydrogens (tertiary/aromatic N) is 1. The number of nitro groups is 1. The Labute approximate surface area is 358 Å². The minimum atomic E-state index is -0.719. The number of carbonyl (C=O) groups is 4. The van der Waals surface area contributed by atoms with E-state index < -0.39 is 5.97 Å². The molecular formula is C47H84ClN3O7. The SMILES string of the molecule is CC(=O)/C=C1/CCC(C)(C)C1.CC1(C)CCC(=O)C1.CC1(C)CCC(CN)(CC(=O)O)C1.CC1(C)CCC2(CNC(=O)C2)C1.CCC1(C[N+](=O)[O-])CCC(C)(C)C1.Cl. The van der Waals surface area contributed by atoms with Gasteiger partial charge in [-0.2, -0.15) is 0 Å². The summed E-state index contributed by atoms with van der Waals surface area (Å²) in [6.07, 6.45) is 19.8. The van der Waals surface area contributed by atoms with Crippen LogP contribution in [0.25, 0.3) is 0 Å². The first-order valence-electron chi connectivity index (χ1n) is 21.9. The third kappa shape index (κ3) is 18.5. The molecule has 0 bridgehead atoms. The van der Waals surface area contributed by atoms with Gasteiger partial charge in [0, 0.05) is 36.1 Å². The second kappa shape index (κ2) is 21.0. The fourth-order valence-electron chi connectivity index (χ4n) is 10.9. The van der Waals surface area contributed by atoms with E-state index in [2.05, 4.69) is 81.5 Å². The van der Waals surface area contributed by atoms with Gasteiger partial charge in [-0.25, -0.2) is 0 Å². The highest BCUT2D eigenvalue weighted by Crippen LogP contribution is 2.53. The topological polar surface area (TPSA) is 170 Å². The highest BCUT2D eigenvalue weighted by Gasteiger charge is 2.48. The van der Waals surface area contributed by atoms with Crippen LogP contribution in [0.5, 0.6) is 0 Å². The van der Waals surface area contributed by atoms with Gasteiger partial charge in [0.05, 0.1) is 6.42 Å². The lowest BCUT2D eigenvalue weighted by Gasteiger charge is -2.27. The molecule has 6 fully saturated rings. The summed E-state index contributed by atoms with van der Waals surface area (Å²) in [6, 6.07) is 0. The maximum atomic E-state index is 11.1. The summed E-state index contributed by atoms with van der Waals surface area (Å²) >= 11 is 0. The number of rotatable bonds is 7. The van der Waals surface area contributed by atoms with Gasteiger partial charge in [-0.1, -0.05) is 81.7 Å². The van der Waals surface area contributed by atoms with Gasteiger partial charge in [-0.3, -0.25) is 29.3 Å². The van der Waals surface area contributed by atoms with Crippen molar-refractivity contribution in [3.8, 4) is 0 Å². The van der Waals surface area contributed by atoms with Gasteiger partial charge in [-0.15, -0.1) is 12.4 Å². The maximum Gasteiger partial charge on any atom is 0.303 e. The van der Waals surface area contributed by atoms with Crippen molar-refractivity contribution in [2.45, 2.75) is 199 Å². The van der Waals surface area contributed by atoms with Crippen LogP contribution in [0.1, 0.15) is 199 Å². The Balaban J connectivity index is 0.000000364. The molecule has 1 saturated heterocycles. The maximum absolute atomic E-state index is 11.1. The highest BCUT2D eigenvalue weighted by atomic mass is 35.5. The molecule has 6 aliphatic rings. The van der Waals surface area contributed by atoms with Crippen molar-refractivity contribution >= 4 is 35.9 Å². The van der Waals surface area contributed by atoms with Crippen LogP contribution in [0, 0.1) is 53.4 Å². The molecule has 58 heavy (non-hydrogen) atoms. The van der Waals surface area contributed by atoms with Crippen LogP contribution in [0.3, 0.4) is 0 Å². The smallest absolute Gasteiger partial charge is 0.303 e. The van der Waals surface area contributed by atoms with E-state index in [-0.39, 0.29) is 58.2 Å². The van der Waals surface area contributed by atoms with Crippen molar-refractivity contribution in [3.63, 3.8) is 0 Å². The summed E-state index contributed by atoms with van der Waals surface area (Å²) in [6.45, 7) is 27.5. The van der Waals surface area contributed by atoms with Crippen LogP contribution in [0.2, 0.25) is 0 Å². The van der Waals surface area contributed by atoms with E-state index in [1.807, 2.05) is 0 Å². The molecule has 5 aliphatic carbocycles. The molecule has 1 heterocycles. The minimum Gasteiger partial charge on any atom is -0.481 e. The van der Waals surface area contributed by atoms with Crippen molar-refractivity contribution in [2.75, 3.05) is 19.6 Å². The number of Topliss-reactive ketones (excluding diaryl/α,β-unsaturated/α-hetero) is 1. The largest absolute Gasteiger partial charge is 0.481 e. The zero-order chi connectivity index (χ0) is 43.7. The number of carboxylic acid groups (broad SMARTS) is 1. The van der Waals surface area contributed by atoms with Gasteiger partial charge in [0.2, 0.25) is 12.5 Å². The molecule has 10 nitrogen and oxygen atoms in total. The number of allylic oxidation sites excluding steroid dienone is 2. The molecule has 336 valence electrons. The molecule has 6 rings (SSSR count). The first kappa shape index (κ1) is 53.7. The summed E-state index contributed by atoms with van der Waals surface area (Å²) < 4.78 is 0. The normalized spacial score (nSPS) is 30.9. The third-order valence-electron chi connectivity index (χ3n) is 13.9. The van der Waals surface area contributed by atoms with Gasteiger partial charge in [0.25, 0.3) is 0 Å². The second-order valence-electron chi connectivity index (χ2n) is 23.2. The van der Waals surface area contributed by atoms with Crippen molar-refractivity contribution in [2.24, 2.45) is 49.1 Å². The van der Waals surface area contributed by atoms with Gasteiger partial charge >= 0.3 is 5.97 Å². The zero-order valence-electron chi connectivity index (χ0n) is 38.8. The van der Waals surface area contributed by atoms with Gasteiger partial charge in [-0.05, 0) is 147 Å². The number of aliphatic carboxylic acids is 1. The fraction of sp³-hybridized carbons (Fsp3) is 0.872. The van der Waals surface area contributed by atoms with Crippen molar-refractivity contribution in [3.05, 3.63) is 21.8 Å². The molecule has 3 atom stereocenters. The third-order valence-corrected chi connectivity index (χ3v) is 13.9. The molecular weight excluding hydrogens is 754 g/mol. The molecule has 0 aromatic heterocycles. The summed E-state index contributed by atoms with van der Waals surface area (Å²) in [4.78, 5) is 53.6. The Hall–Kier alpha value is -2.33. The number of carboxylic acids is 1. The second-order valence-corrected chi connectivity index (χ2v) is 23.2. The Bertz CT molecular complexity index is 1420. The summed E-state index contributed by atoms with van der Waals surface area (Å²) in [5.41, 5.74) is 9.00. The monoisotopic (exact) mass is 838 g/mol. The molecule has 11 heteroatoms. The minimum absolute atomic E-state index is 0. The number of nitrogens with two attached hydrogens (primary N) is 1. The van der Waals surface area contributed by atoms with Crippen LogP contribution in [0.4, 0.5) is 0 Å². The molecule has 0 aromatic carbocycles. The lowest BCUT2D eigenvalue weighted by atomic mass is 9.79. The van der Waals surface area contributed by atoms with Gasteiger partial charge < -0.3 is 16.2 Å². The number of hydrogen-bond donors (Lipinski definition) is 3. The predicted octanol–water partition coefficient (Wildman–Crippen LogP) is 11.1. The lowest BCUT2D eigenvalue weighted by molar-refractivity contribution is -0.497. The molecule has 0 radical (unpaired) electrons. The first-order valence-corrected chi connectivity index (χ1v) is 21.9. The Morgan fingerprint density at radius 2 is 1.24 bits per heavy atom. The number of amides is 1. The zero-order valence-corrected chi connectivity index (χ0v) is 39.6. The predicted molar refractivity (Wildman–Crippen MR) is 238 cm³/mol. The van der Waals surface area contributed by atoms with E-state index in [0.29, 0.717) is 39.4 Å². The standard InChI is InChI=1S/2C10H19NO2.C10H17NO.C10H16O.C7H12O.ClH/c1-9(2)3-4-10(6-9,7-11)5-8(12)13;1-4-10(8-11(12)13)6-5-9(2,3)7-10;1-9(2)3-4-10(6-9)5-8(12)11-7-10;1-8(11)6-9-4-5-10(2,3)7-9;1-7(2)4-3-6(8)5-7;/h3-7,11H2,1-2H3,(H,12,13);4-8H2,1-3H3;3-7H2,1-2H3,(H,11,12);6H,4-5,7H2,1-3H3;3-5H2,1-2H3;1H/b;;;9-6-;;. The van der Waals surface area contributed by atoms with Crippen LogP contribution < -0.4 is 11.1 Å². The number of nitrogens with one attached hydrogen (secondary N) is 1. The van der Waals surface area contributed by atoms with Crippen LogP contribution in [-0.2, 0) is 19.2 Å². The molecule has 1 spiro atoms. The average molecular weight is 839 g/mol. The van der Waals surface area contributed by atoms with E-state index in [0.717, 1.165) is 90.0 Å². The molecule has 1 aliphatic heterocycles. The molecule has 1 amide bonds. The molecule has 4 N–H and O–H groups in total. The van der Waals surface area contributed by atoms with Crippen LogP contribution >= 0.6 is 12.4 Å². The average Bonchev–Trinajstić information content (AvgIpc) is 3.88. The van der Waals surface area contributed by atoms with Crippen molar-refractivity contribution in [1.82, 2.24) is 5.32 Å². The van der Waals surface area contributed by atoms with Crippen molar-refractivity contribution < 1.29 is 29.2 Å². The molecule has 5 saturated carbocycles. The lowest BCUT2D eigenvalue weighted by Crippen LogP contribution is -2.31.